The molecule has 0 heterocycles. The predicted molar refractivity (Wildman–Crippen MR) is 64.7 cm³/mol. The fraction of sp³-hybridized carbons (Fsp3) is 0.167. The summed E-state index contributed by atoms with van der Waals surface area (Å²) in [4.78, 5) is 21.7. The maximum atomic E-state index is 11.0. The van der Waals surface area contributed by atoms with Crippen LogP contribution in [0.3, 0.4) is 0 Å². The quantitative estimate of drug-likeness (QED) is 0.793. The highest BCUT2D eigenvalue weighted by Gasteiger charge is 2.12. The number of rotatable bonds is 5. The molecular weight excluding hydrogens is 244 g/mol. The van der Waals surface area contributed by atoms with Crippen LogP contribution < -0.4 is 0 Å². The van der Waals surface area contributed by atoms with Crippen LogP contribution >= 0.6 is 11.6 Å². The van der Waals surface area contributed by atoms with E-state index in [2.05, 4.69) is 0 Å². The molecule has 0 amide bonds. The fourth-order valence-corrected chi connectivity index (χ4v) is 1.42. The molecule has 17 heavy (non-hydrogen) atoms. The molecule has 5 heteroatoms. The molecule has 0 aliphatic rings. The summed E-state index contributed by atoms with van der Waals surface area (Å²) < 4.78 is 0. The van der Waals surface area contributed by atoms with Crippen molar-refractivity contribution in [3.63, 3.8) is 0 Å². The van der Waals surface area contributed by atoms with E-state index >= 15 is 0 Å². The van der Waals surface area contributed by atoms with Gasteiger partial charge in [-0.3, -0.25) is 0 Å². The minimum Gasteiger partial charge on any atom is -0.478 e. The van der Waals surface area contributed by atoms with Crippen LogP contribution in [-0.4, -0.2) is 28.0 Å². The fourth-order valence-electron chi connectivity index (χ4n) is 1.29. The number of aromatic carboxylic acids is 2. The van der Waals surface area contributed by atoms with E-state index in [1.54, 1.807) is 12.2 Å². The van der Waals surface area contributed by atoms with Gasteiger partial charge in [-0.1, -0.05) is 18.2 Å². The molecule has 0 aliphatic heterocycles. The summed E-state index contributed by atoms with van der Waals surface area (Å²) in [7, 11) is 0. The zero-order valence-corrected chi connectivity index (χ0v) is 9.65. The van der Waals surface area contributed by atoms with Gasteiger partial charge in [-0.05, 0) is 24.1 Å². The number of benzene rings is 1. The van der Waals surface area contributed by atoms with Gasteiger partial charge in [0.05, 0.1) is 11.1 Å². The molecule has 1 aromatic rings. The molecule has 0 atom stereocenters. The Hall–Kier alpha value is -1.81. The largest absolute Gasteiger partial charge is 0.478 e. The van der Waals surface area contributed by atoms with Crippen LogP contribution in [0.4, 0.5) is 0 Å². The summed E-state index contributed by atoms with van der Waals surface area (Å²) in [5, 5.41) is 17.7. The van der Waals surface area contributed by atoms with Gasteiger partial charge >= 0.3 is 11.9 Å². The number of carboxylic acid groups (broad SMARTS) is 2. The minimum atomic E-state index is -1.15. The number of hydrogen-bond acceptors (Lipinski definition) is 2. The molecule has 0 bridgehead atoms. The van der Waals surface area contributed by atoms with Gasteiger partial charge in [-0.2, -0.15) is 0 Å². The minimum absolute atomic E-state index is 0.0317. The van der Waals surface area contributed by atoms with E-state index in [0.29, 0.717) is 17.9 Å². The second kappa shape index (κ2) is 6.06. The van der Waals surface area contributed by atoms with Gasteiger partial charge in [0, 0.05) is 5.88 Å². The van der Waals surface area contributed by atoms with E-state index in [-0.39, 0.29) is 11.1 Å². The SMILES string of the molecule is O=C(O)c1ccc(C=CCCCl)c(C(=O)O)c1. The molecule has 0 spiro atoms. The summed E-state index contributed by atoms with van der Waals surface area (Å²) in [6.07, 6.45) is 3.99. The summed E-state index contributed by atoms with van der Waals surface area (Å²) in [6, 6.07) is 3.98. The van der Waals surface area contributed by atoms with Gasteiger partial charge in [0.1, 0.15) is 0 Å². The van der Waals surface area contributed by atoms with Gasteiger partial charge in [0.15, 0.2) is 0 Å². The predicted octanol–water partition coefficient (Wildman–Crippen LogP) is 2.73. The summed E-state index contributed by atoms with van der Waals surface area (Å²) in [5.74, 6) is -1.85. The van der Waals surface area contributed by atoms with E-state index in [1.807, 2.05) is 0 Å². The van der Waals surface area contributed by atoms with Crippen molar-refractivity contribution in [2.45, 2.75) is 6.42 Å². The van der Waals surface area contributed by atoms with Crippen molar-refractivity contribution in [3.8, 4) is 0 Å². The lowest BCUT2D eigenvalue weighted by molar-refractivity contribution is 0.0695. The van der Waals surface area contributed by atoms with Crippen LogP contribution in [0.5, 0.6) is 0 Å². The summed E-state index contributed by atoms with van der Waals surface area (Å²) in [6.45, 7) is 0. The first-order chi connectivity index (χ1) is 8.06. The molecule has 2 N–H and O–H groups in total. The third-order valence-electron chi connectivity index (χ3n) is 2.10. The number of alkyl halides is 1. The van der Waals surface area contributed by atoms with Crippen LogP contribution in [0.2, 0.25) is 0 Å². The maximum absolute atomic E-state index is 11.0. The molecule has 0 unspecified atom stereocenters. The zero-order chi connectivity index (χ0) is 12.8. The molecule has 0 fully saturated rings. The second-order valence-electron chi connectivity index (χ2n) is 3.29. The molecule has 0 saturated heterocycles. The molecule has 1 aromatic carbocycles. The number of allylic oxidation sites excluding steroid dienone is 1. The Balaban J connectivity index is 3.13. The lowest BCUT2D eigenvalue weighted by atomic mass is 10.0. The maximum Gasteiger partial charge on any atom is 0.336 e. The smallest absolute Gasteiger partial charge is 0.336 e. The summed E-state index contributed by atoms with van der Waals surface area (Å²) >= 11 is 5.49. The number of halogens is 1. The zero-order valence-electron chi connectivity index (χ0n) is 8.89. The van der Waals surface area contributed by atoms with Crippen LogP contribution in [0.15, 0.2) is 24.3 Å². The molecule has 0 aliphatic carbocycles. The molecule has 0 aromatic heterocycles. The van der Waals surface area contributed by atoms with Crippen molar-refractivity contribution in [3.05, 3.63) is 41.0 Å². The topological polar surface area (TPSA) is 74.6 Å². The second-order valence-corrected chi connectivity index (χ2v) is 3.67. The first-order valence-corrected chi connectivity index (χ1v) is 5.43. The van der Waals surface area contributed by atoms with Crippen molar-refractivity contribution >= 4 is 29.6 Å². The lowest BCUT2D eigenvalue weighted by Gasteiger charge is -2.02. The van der Waals surface area contributed by atoms with E-state index < -0.39 is 11.9 Å². The molecule has 1 rings (SSSR count). The Morgan fingerprint density at radius 2 is 1.94 bits per heavy atom. The van der Waals surface area contributed by atoms with Crippen molar-refractivity contribution in [1.29, 1.82) is 0 Å². The van der Waals surface area contributed by atoms with Gasteiger partial charge in [-0.15, -0.1) is 11.6 Å². The Morgan fingerprint density at radius 1 is 1.24 bits per heavy atom. The Labute approximate surface area is 103 Å². The monoisotopic (exact) mass is 254 g/mol. The third-order valence-corrected chi connectivity index (χ3v) is 2.32. The van der Waals surface area contributed by atoms with Gasteiger partial charge < -0.3 is 10.2 Å². The Kier molecular flexibility index (Phi) is 4.72. The average Bonchev–Trinajstić information content (AvgIpc) is 2.29. The van der Waals surface area contributed by atoms with E-state index in [1.165, 1.54) is 12.1 Å². The van der Waals surface area contributed by atoms with Crippen LogP contribution in [0, 0.1) is 0 Å². The first kappa shape index (κ1) is 13.3. The van der Waals surface area contributed by atoms with Crippen molar-refractivity contribution in [2.24, 2.45) is 0 Å². The Morgan fingerprint density at radius 3 is 2.47 bits per heavy atom. The number of carbonyl (C=O) groups is 2. The normalized spacial score (nSPS) is 10.6. The number of hydrogen-bond donors (Lipinski definition) is 2. The van der Waals surface area contributed by atoms with Crippen molar-refractivity contribution in [1.82, 2.24) is 0 Å². The lowest BCUT2D eigenvalue weighted by Crippen LogP contribution is -2.04. The van der Waals surface area contributed by atoms with Crippen LogP contribution in [0.25, 0.3) is 6.08 Å². The van der Waals surface area contributed by atoms with Gasteiger partial charge in [-0.25, -0.2) is 9.59 Å². The standard InChI is InChI=1S/C12H11ClO4/c13-6-2-1-3-8-4-5-9(11(14)15)7-10(8)12(16)17/h1,3-5,7H,2,6H2,(H,14,15)(H,16,17). The van der Waals surface area contributed by atoms with Gasteiger partial charge in [0.25, 0.3) is 0 Å². The Bertz CT molecular complexity index is 466. The highest BCUT2D eigenvalue weighted by molar-refractivity contribution is 6.17. The molecular formula is C12H11ClO4. The number of carboxylic acids is 2. The average molecular weight is 255 g/mol. The molecule has 90 valence electrons. The molecule has 0 saturated carbocycles. The third kappa shape index (κ3) is 3.60. The van der Waals surface area contributed by atoms with Crippen LogP contribution in [0.1, 0.15) is 32.7 Å². The first-order valence-electron chi connectivity index (χ1n) is 4.89. The van der Waals surface area contributed by atoms with E-state index in [4.69, 9.17) is 21.8 Å². The highest BCUT2D eigenvalue weighted by atomic mass is 35.5. The van der Waals surface area contributed by atoms with Gasteiger partial charge in [0.2, 0.25) is 0 Å². The summed E-state index contributed by atoms with van der Waals surface area (Å²) in [5.41, 5.74) is 0.389. The van der Waals surface area contributed by atoms with Crippen molar-refractivity contribution < 1.29 is 19.8 Å². The highest BCUT2D eigenvalue weighted by Crippen LogP contribution is 2.14. The molecule has 4 nitrogen and oxygen atoms in total. The molecule has 0 radical (unpaired) electrons. The van der Waals surface area contributed by atoms with E-state index in [9.17, 15) is 9.59 Å². The van der Waals surface area contributed by atoms with Crippen molar-refractivity contribution in [2.75, 3.05) is 5.88 Å². The van der Waals surface area contributed by atoms with E-state index in [0.717, 1.165) is 6.07 Å². The van der Waals surface area contributed by atoms with Crippen LogP contribution in [-0.2, 0) is 0 Å².